The first-order valence-corrected chi connectivity index (χ1v) is 7.92. The Hall–Kier alpha value is -1.88. The predicted octanol–water partition coefficient (Wildman–Crippen LogP) is 3.12. The molecule has 1 aromatic heterocycles. The number of carbonyl (C=O) groups excluding carboxylic acids is 1. The topological polar surface area (TPSA) is 56.2 Å². The minimum atomic E-state index is -0.387. The molecule has 1 aromatic carbocycles. The maximum absolute atomic E-state index is 12.5. The molecular weight excluding hydrogens is 278 g/mol. The Morgan fingerprint density at radius 3 is 2.86 bits per heavy atom. The molecule has 3 unspecified atom stereocenters. The van der Waals surface area contributed by atoms with Crippen LogP contribution < -0.4 is 5.32 Å². The number of nitrogens with one attached hydrogen (secondary N) is 1. The Balaban J connectivity index is 1.88. The van der Waals surface area contributed by atoms with E-state index in [0.717, 1.165) is 29.6 Å². The van der Waals surface area contributed by atoms with Crippen LogP contribution in [0.5, 0.6) is 0 Å². The zero-order valence-corrected chi connectivity index (χ0v) is 13.6. The number of aromatic nitrogens is 2. The summed E-state index contributed by atoms with van der Waals surface area (Å²) in [6.45, 7) is 8.91. The normalized spacial score (nSPS) is 24.8. The highest BCUT2D eigenvalue weighted by molar-refractivity contribution is 5.95. The van der Waals surface area contributed by atoms with Crippen LogP contribution in [0, 0.1) is 12.8 Å². The molecule has 2 heterocycles. The Morgan fingerprint density at radius 1 is 1.45 bits per heavy atom. The molecule has 1 amide bonds. The van der Waals surface area contributed by atoms with E-state index in [1.165, 1.54) is 0 Å². The van der Waals surface area contributed by atoms with E-state index in [1.807, 2.05) is 37.5 Å². The maximum atomic E-state index is 12.5. The lowest BCUT2D eigenvalue weighted by atomic mass is 10.0. The smallest absolute Gasteiger partial charge is 0.256 e. The minimum absolute atomic E-state index is 0.0985. The number of amides is 1. The van der Waals surface area contributed by atoms with Gasteiger partial charge in [0, 0.05) is 6.54 Å². The molecular formula is C17H23N3O2. The summed E-state index contributed by atoms with van der Waals surface area (Å²) in [5.74, 6) is 0.735. The molecule has 5 nitrogen and oxygen atoms in total. The monoisotopic (exact) mass is 301 g/mol. The predicted molar refractivity (Wildman–Crippen MR) is 86.9 cm³/mol. The molecule has 0 saturated carbocycles. The van der Waals surface area contributed by atoms with Gasteiger partial charge in [0.2, 0.25) is 5.95 Å². The van der Waals surface area contributed by atoms with Crippen molar-refractivity contribution in [2.45, 2.75) is 52.9 Å². The van der Waals surface area contributed by atoms with Crippen LogP contribution in [0.4, 0.5) is 5.95 Å². The summed E-state index contributed by atoms with van der Waals surface area (Å²) in [5.41, 5.74) is 3.11. The molecule has 3 rings (SSSR count). The molecule has 118 valence electrons. The largest absolute Gasteiger partial charge is 0.365 e. The van der Waals surface area contributed by atoms with Crippen molar-refractivity contribution in [2.75, 3.05) is 5.32 Å². The van der Waals surface area contributed by atoms with Crippen molar-refractivity contribution in [1.29, 1.82) is 0 Å². The first-order chi connectivity index (χ1) is 10.5. The van der Waals surface area contributed by atoms with Gasteiger partial charge in [-0.25, -0.2) is 4.98 Å². The summed E-state index contributed by atoms with van der Waals surface area (Å²) in [6.07, 6.45) is 0.668. The average molecular weight is 301 g/mol. The number of benzene rings is 1. The summed E-state index contributed by atoms with van der Waals surface area (Å²) in [4.78, 5) is 17.1. The Bertz CT molecular complexity index is 707. The van der Waals surface area contributed by atoms with Crippen LogP contribution in [0.2, 0.25) is 0 Å². The van der Waals surface area contributed by atoms with Gasteiger partial charge in [0.15, 0.2) is 0 Å². The van der Waals surface area contributed by atoms with E-state index in [4.69, 9.17) is 4.74 Å². The van der Waals surface area contributed by atoms with Crippen molar-refractivity contribution < 1.29 is 9.53 Å². The number of ether oxygens (including phenoxy) is 1. The fraction of sp³-hybridized carbons (Fsp3) is 0.529. The quantitative estimate of drug-likeness (QED) is 0.947. The van der Waals surface area contributed by atoms with Gasteiger partial charge in [0.1, 0.15) is 6.10 Å². The third-order valence-electron chi connectivity index (χ3n) is 4.31. The molecule has 3 atom stereocenters. The number of nitrogens with zero attached hydrogens (tertiary/aromatic N) is 2. The minimum Gasteiger partial charge on any atom is -0.365 e. The maximum Gasteiger partial charge on any atom is 0.256 e. The molecule has 5 heteroatoms. The Kier molecular flexibility index (Phi) is 3.91. The van der Waals surface area contributed by atoms with E-state index in [2.05, 4.69) is 23.3 Å². The van der Waals surface area contributed by atoms with Crippen molar-refractivity contribution >= 4 is 22.9 Å². The Labute approximate surface area is 130 Å². The van der Waals surface area contributed by atoms with Crippen LogP contribution in [0.15, 0.2) is 18.2 Å². The second kappa shape index (κ2) is 5.72. The van der Waals surface area contributed by atoms with Gasteiger partial charge < -0.3 is 9.30 Å². The summed E-state index contributed by atoms with van der Waals surface area (Å²) < 4.78 is 7.75. The zero-order valence-electron chi connectivity index (χ0n) is 13.6. The van der Waals surface area contributed by atoms with Gasteiger partial charge in [-0.3, -0.25) is 10.1 Å². The summed E-state index contributed by atoms with van der Waals surface area (Å²) in [7, 11) is 0. The summed E-state index contributed by atoms with van der Waals surface area (Å²) >= 11 is 0. The number of hydrogen-bond donors (Lipinski definition) is 1. The van der Waals surface area contributed by atoms with Gasteiger partial charge in [0.25, 0.3) is 5.91 Å². The third kappa shape index (κ3) is 2.61. The van der Waals surface area contributed by atoms with Gasteiger partial charge >= 0.3 is 0 Å². The Morgan fingerprint density at radius 2 is 2.23 bits per heavy atom. The van der Waals surface area contributed by atoms with E-state index in [1.54, 1.807) is 0 Å². The van der Waals surface area contributed by atoms with Gasteiger partial charge in [-0.2, -0.15) is 0 Å². The molecule has 2 aromatic rings. The first-order valence-electron chi connectivity index (χ1n) is 7.92. The van der Waals surface area contributed by atoms with E-state index < -0.39 is 0 Å². The number of aryl methyl sites for hydroxylation is 2. The van der Waals surface area contributed by atoms with E-state index in [9.17, 15) is 4.79 Å². The van der Waals surface area contributed by atoms with Gasteiger partial charge in [0.05, 0.1) is 17.1 Å². The fourth-order valence-electron chi connectivity index (χ4n) is 3.24. The van der Waals surface area contributed by atoms with Crippen LogP contribution in [0.3, 0.4) is 0 Å². The molecule has 22 heavy (non-hydrogen) atoms. The second-order valence-electron chi connectivity index (χ2n) is 6.24. The fourth-order valence-corrected chi connectivity index (χ4v) is 3.24. The van der Waals surface area contributed by atoms with Crippen molar-refractivity contribution in [3.8, 4) is 0 Å². The highest BCUT2D eigenvalue weighted by Gasteiger charge is 2.35. The number of anilines is 1. The van der Waals surface area contributed by atoms with Crippen molar-refractivity contribution in [1.82, 2.24) is 9.55 Å². The molecule has 1 fully saturated rings. The van der Waals surface area contributed by atoms with Crippen molar-refractivity contribution in [2.24, 2.45) is 5.92 Å². The van der Waals surface area contributed by atoms with Crippen LogP contribution in [0.1, 0.15) is 32.8 Å². The van der Waals surface area contributed by atoms with Crippen LogP contribution in [-0.4, -0.2) is 27.7 Å². The summed E-state index contributed by atoms with van der Waals surface area (Å²) in [6, 6.07) is 6.15. The van der Waals surface area contributed by atoms with E-state index >= 15 is 0 Å². The van der Waals surface area contributed by atoms with Crippen LogP contribution >= 0.6 is 0 Å². The third-order valence-corrected chi connectivity index (χ3v) is 4.31. The van der Waals surface area contributed by atoms with Crippen LogP contribution in [-0.2, 0) is 16.1 Å². The van der Waals surface area contributed by atoms with E-state index in [-0.39, 0.29) is 24.0 Å². The number of imidazole rings is 1. The molecule has 1 N–H and O–H groups in total. The zero-order chi connectivity index (χ0) is 15.9. The number of fused-ring (bicyclic) bond motifs is 1. The first kappa shape index (κ1) is 15.0. The SMILES string of the molecule is CCn1c(NC(=O)C2OC(C)CC2C)nc2cc(C)ccc21. The highest BCUT2D eigenvalue weighted by atomic mass is 16.5. The molecule has 1 aliphatic rings. The van der Waals surface area contributed by atoms with Crippen molar-refractivity contribution in [3.63, 3.8) is 0 Å². The molecule has 0 bridgehead atoms. The molecule has 0 radical (unpaired) electrons. The molecule has 0 aliphatic carbocycles. The van der Waals surface area contributed by atoms with Gasteiger partial charge in [-0.05, 0) is 50.8 Å². The number of hydrogen-bond acceptors (Lipinski definition) is 3. The van der Waals surface area contributed by atoms with Crippen LogP contribution in [0.25, 0.3) is 11.0 Å². The summed E-state index contributed by atoms with van der Waals surface area (Å²) in [5, 5.41) is 2.95. The standard InChI is InChI=1S/C17H23N3O2/c1-5-20-14-7-6-10(2)8-13(14)18-17(20)19-16(21)15-11(3)9-12(4)22-15/h6-8,11-12,15H,5,9H2,1-4H3,(H,18,19,21). The lowest BCUT2D eigenvalue weighted by Crippen LogP contribution is -2.32. The molecule has 1 aliphatic heterocycles. The van der Waals surface area contributed by atoms with Gasteiger partial charge in [-0.1, -0.05) is 13.0 Å². The lowest BCUT2D eigenvalue weighted by molar-refractivity contribution is -0.127. The number of carbonyl (C=O) groups is 1. The lowest BCUT2D eigenvalue weighted by Gasteiger charge is -2.15. The average Bonchev–Trinajstić information content (AvgIpc) is 2.97. The van der Waals surface area contributed by atoms with E-state index in [0.29, 0.717) is 5.95 Å². The highest BCUT2D eigenvalue weighted by Crippen LogP contribution is 2.27. The molecule has 0 spiro atoms. The number of rotatable bonds is 3. The molecule has 1 saturated heterocycles. The van der Waals surface area contributed by atoms with Crippen molar-refractivity contribution in [3.05, 3.63) is 23.8 Å². The van der Waals surface area contributed by atoms with Gasteiger partial charge in [-0.15, -0.1) is 0 Å². The second-order valence-corrected chi connectivity index (χ2v) is 6.24.